The van der Waals surface area contributed by atoms with E-state index in [4.69, 9.17) is 4.42 Å². The molecule has 8 heteroatoms. The fraction of sp³-hybridized carbons (Fsp3) is 0.238. The van der Waals surface area contributed by atoms with Gasteiger partial charge in [-0.1, -0.05) is 12.1 Å². The van der Waals surface area contributed by atoms with Crippen molar-refractivity contribution in [1.29, 1.82) is 0 Å². The second-order valence-electron chi connectivity index (χ2n) is 7.05. The summed E-state index contributed by atoms with van der Waals surface area (Å²) in [5.74, 6) is -1.59. The molecule has 0 saturated carbocycles. The first kappa shape index (κ1) is 18.7. The molecular formula is C21H18N2O6. The molecule has 0 spiro atoms. The Labute approximate surface area is 165 Å². The molecule has 148 valence electrons. The van der Waals surface area contributed by atoms with Gasteiger partial charge in [0.25, 0.3) is 5.69 Å². The van der Waals surface area contributed by atoms with E-state index >= 15 is 0 Å². The number of furan rings is 1. The summed E-state index contributed by atoms with van der Waals surface area (Å²) >= 11 is 0. The third kappa shape index (κ3) is 3.12. The highest BCUT2D eigenvalue weighted by Gasteiger charge is 2.40. The lowest BCUT2D eigenvalue weighted by molar-refractivity contribution is -0.384. The van der Waals surface area contributed by atoms with Crippen LogP contribution in [-0.2, 0) is 9.59 Å². The number of ketones is 1. The molecule has 0 fully saturated rings. The number of benzene rings is 1. The first-order chi connectivity index (χ1) is 13.9. The molecule has 1 atom stereocenters. The second-order valence-corrected chi connectivity index (χ2v) is 7.05. The van der Waals surface area contributed by atoms with Gasteiger partial charge in [-0.25, -0.2) is 4.79 Å². The van der Waals surface area contributed by atoms with Crippen LogP contribution in [0.2, 0.25) is 0 Å². The number of Topliss-reactive ketones (excluding diaryl/α,β-unsaturated/α-hetero) is 1. The number of hydrogen-bond acceptors (Lipinski definition) is 6. The molecule has 2 aliphatic rings. The molecule has 2 heterocycles. The average molecular weight is 394 g/mol. The molecule has 2 N–H and O–H groups in total. The van der Waals surface area contributed by atoms with Gasteiger partial charge in [0.05, 0.1) is 22.0 Å². The Bertz CT molecular complexity index is 1110. The minimum Gasteiger partial charge on any atom is -0.478 e. The fourth-order valence-corrected chi connectivity index (χ4v) is 4.05. The van der Waals surface area contributed by atoms with Crippen molar-refractivity contribution in [3.63, 3.8) is 0 Å². The number of nitro groups is 1. The maximum Gasteiger partial charge on any atom is 0.334 e. The van der Waals surface area contributed by atoms with Crippen LogP contribution in [0.4, 0.5) is 5.69 Å². The number of hydrogen-bond donors (Lipinski definition) is 2. The molecule has 29 heavy (non-hydrogen) atoms. The minimum atomic E-state index is -1.14. The quantitative estimate of drug-likeness (QED) is 0.595. The van der Waals surface area contributed by atoms with Crippen LogP contribution in [0.15, 0.2) is 63.4 Å². The lowest BCUT2D eigenvalue weighted by Gasteiger charge is -2.32. The highest BCUT2D eigenvalue weighted by molar-refractivity contribution is 6.03. The number of carboxylic acid groups (broad SMARTS) is 1. The van der Waals surface area contributed by atoms with Crippen LogP contribution in [0.5, 0.6) is 0 Å². The van der Waals surface area contributed by atoms with Gasteiger partial charge in [0.2, 0.25) is 0 Å². The topological polar surface area (TPSA) is 123 Å². The number of nitrogens with one attached hydrogen (secondary N) is 1. The number of para-hydroxylation sites is 1. The smallest absolute Gasteiger partial charge is 0.334 e. The molecule has 0 bridgehead atoms. The zero-order valence-corrected chi connectivity index (χ0v) is 15.6. The van der Waals surface area contributed by atoms with Crippen molar-refractivity contribution >= 4 is 17.4 Å². The zero-order chi connectivity index (χ0) is 20.7. The maximum absolute atomic E-state index is 12.7. The van der Waals surface area contributed by atoms with Crippen LogP contribution in [0.3, 0.4) is 0 Å². The Kier molecular flexibility index (Phi) is 4.54. The predicted molar refractivity (Wildman–Crippen MR) is 103 cm³/mol. The molecule has 1 unspecified atom stereocenters. The number of nitro benzene ring substituents is 1. The summed E-state index contributed by atoms with van der Waals surface area (Å²) in [6, 6.07) is 9.32. The summed E-state index contributed by atoms with van der Waals surface area (Å²) < 4.78 is 5.91. The van der Waals surface area contributed by atoms with Crippen LogP contribution < -0.4 is 5.32 Å². The van der Waals surface area contributed by atoms with Gasteiger partial charge in [0.1, 0.15) is 11.5 Å². The van der Waals surface area contributed by atoms with Crippen LogP contribution >= 0.6 is 0 Å². The Hall–Kier alpha value is -3.68. The summed E-state index contributed by atoms with van der Waals surface area (Å²) in [5, 5.41) is 24.2. The van der Waals surface area contributed by atoms with Crippen molar-refractivity contribution in [3.8, 4) is 11.3 Å². The van der Waals surface area contributed by atoms with Gasteiger partial charge in [-0.15, -0.1) is 0 Å². The minimum absolute atomic E-state index is 0.0439. The lowest BCUT2D eigenvalue weighted by atomic mass is 9.77. The van der Waals surface area contributed by atoms with Crippen molar-refractivity contribution < 1.29 is 24.0 Å². The molecule has 1 aromatic carbocycles. The Balaban J connectivity index is 1.85. The van der Waals surface area contributed by atoms with Gasteiger partial charge in [-0.05, 0) is 38.0 Å². The Morgan fingerprint density at radius 3 is 2.72 bits per heavy atom. The summed E-state index contributed by atoms with van der Waals surface area (Å²) in [7, 11) is 0. The highest BCUT2D eigenvalue weighted by Crippen LogP contribution is 2.44. The largest absolute Gasteiger partial charge is 0.478 e. The summed E-state index contributed by atoms with van der Waals surface area (Å²) in [5.41, 5.74) is 1.80. The third-order valence-electron chi connectivity index (χ3n) is 5.28. The number of carbonyl (C=O) groups excluding carboxylic acids is 1. The number of allylic oxidation sites excluding steroid dienone is 3. The number of aliphatic carboxylic acids is 1. The highest BCUT2D eigenvalue weighted by atomic mass is 16.6. The van der Waals surface area contributed by atoms with Crippen molar-refractivity contribution in [2.45, 2.75) is 32.1 Å². The van der Waals surface area contributed by atoms with Crippen molar-refractivity contribution in [3.05, 3.63) is 74.8 Å². The number of nitrogens with zero attached hydrogens (tertiary/aromatic N) is 1. The molecule has 8 nitrogen and oxygen atoms in total. The first-order valence-corrected chi connectivity index (χ1v) is 9.19. The molecule has 1 aromatic heterocycles. The molecule has 1 aliphatic carbocycles. The average Bonchev–Trinajstić information content (AvgIpc) is 3.16. The molecule has 1 aliphatic heterocycles. The van der Waals surface area contributed by atoms with Crippen molar-refractivity contribution in [1.82, 2.24) is 5.32 Å². The van der Waals surface area contributed by atoms with E-state index < -0.39 is 16.8 Å². The second kappa shape index (κ2) is 7.05. The van der Waals surface area contributed by atoms with Gasteiger partial charge < -0.3 is 14.8 Å². The van der Waals surface area contributed by atoms with E-state index in [1.54, 1.807) is 37.3 Å². The fourth-order valence-electron chi connectivity index (χ4n) is 4.05. The van der Waals surface area contributed by atoms with E-state index in [-0.39, 0.29) is 28.6 Å². The summed E-state index contributed by atoms with van der Waals surface area (Å²) in [6.45, 7) is 1.66. The van der Waals surface area contributed by atoms with Gasteiger partial charge in [-0.2, -0.15) is 0 Å². The summed E-state index contributed by atoms with van der Waals surface area (Å²) in [6.07, 6.45) is 1.70. The van der Waals surface area contributed by atoms with Crippen LogP contribution in [0.1, 0.15) is 37.9 Å². The number of carbonyl (C=O) groups is 2. The van der Waals surface area contributed by atoms with Gasteiger partial charge >= 0.3 is 5.97 Å². The number of dihydropyridines is 1. The number of carboxylic acids is 1. The van der Waals surface area contributed by atoms with Crippen LogP contribution in [-0.4, -0.2) is 21.8 Å². The third-order valence-corrected chi connectivity index (χ3v) is 5.28. The van der Waals surface area contributed by atoms with E-state index in [1.807, 2.05) is 0 Å². The monoisotopic (exact) mass is 394 g/mol. The van der Waals surface area contributed by atoms with E-state index in [0.717, 1.165) is 5.70 Å². The normalized spacial score (nSPS) is 19.1. The molecule has 0 saturated heterocycles. The van der Waals surface area contributed by atoms with Crippen LogP contribution in [0.25, 0.3) is 11.3 Å². The van der Waals surface area contributed by atoms with Gasteiger partial charge in [0.15, 0.2) is 5.78 Å². The van der Waals surface area contributed by atoms with Crippen LogP contribution in [0, 0.1) is 10.1 Å². The van der Waals surface area contributed by atoms with Crippen molar-refractivity contribution in [2.75, 3.05) is 0 Å². The SMILES string of the molecule is CC1=C(C(=O)O)C(c2ccc(-c3ccccc3[N+](=O)[O-])o2)C2=C(CCCC2=O)N1. The predicted octanol–water partition coefficient (Wildman–Crippen LogP) is 3.91. The lowest BCUT2D eigenvalue weighted by Crippen LogP contribution is -2.33. The Morgan fingerprint density at radius 1 is 1.24 bits per heavy atom. The van der Waals surface area contributed by atoms with Gasteiger partial charge in [0, 0.05) is 29.5 Å². The number of rotatable bonds is 4. The zero-order valence-electron chi connectivity index (χ0n) is 15.6. The molecule has 0 amide bonds. The van der Waals surface area contributed by atoms with Gasteiger partial charge in [-0.3, -0.25) is 14.9 Å². The first-order valence-electron chi connectivity index (χ1n) is 9.19. The molecule has 2 aromatic rings. The van der Waals surface area contributed by atoms with E-state index in [1.165, 1.54) is 6.07 Å². The summed E-state index contributed by atoms with van der Waals surface area (Å²) in [4.78, 5) is 35.5. The van der Waals surface area contributed by atoms with E-state index in [2.05, 4.69) is 5.32 Å². The van der Waals surface area contributed by atoms with E-state index in [0.29, 0.717) is 36.1 Å². The van der Waals surface area contributed by atoms with E-state index in [9.17, 15) is 24.8 Å². The molecule has 4 rings (SSSR count). The maximum atomic E-state index is 12.7. The van der Waals surface area contributed by atoms with Crippen molar-refractivity contribution in [2.24, 2.45) is 0 Å². The molecule has 0 radical (unpaired) electrons. The Morgan fingerprint density at radius 2 is 2.00 bits per heavy atom. The standard InChI is InChI=1S/C21H18N2O6/c1-11-18(21(25)26)20(19-13(22-11)6-4-8-15(19)24)17-10-9-16(29-17)12-5-2-3-7-14(12)23(27)28/h2-3,5,7,9-10,20,22H,4,6,8H2,1H3,(H,25,26). The molecular weight excluding hydrogens is 376 g/mol.